The number of aromatic nitrogens is 4. The Morgan fingerprint density at radius 1 is 1.14 bits per heavy atom. The highest BCUT2D eigenvalue weighted by atomic mass is 19.1. The van der Waals surface area contributed by atoms with Gasteiger partial charge in [-0.1, -0.05) is 0 Å². The molecule has 1 aromatic carbocycles. The summed E-state index contributed by atoms with van der Waals surface area (Å²) in [7, 11) is 0. The van der Waals surface area contributed by atoms with E-state index in [0.717, 1.165) is 0 Å². The Morgan fingerprint density at radius 3 is 2.47 bits per heavy atom. The van der Waals surface area contributed by atoms with Gasteiger partial charge in [0.25, 0.3) is 5.91 Å². The molecule has 1 saturated heterocycles. The summed E-state index contributed by atoms with van der Waals surface area (Å²) in [5.41, 5.74) is 2.42. The molecule has 1 fully saturated rings. The van der Waals surface area contributed by atoms with E-state index in [9.17, 15) is 18.8 Å². The van der Waals surface area contributed by atoms with Crippen LogP contribution in [-0.2, 0) is 9.53 Å². The predicted molar refractivity (Wildman–Crippen MR) is 129 cm³/mol. The quantitative estimate of drug-likeness (QED) is 0.540. The van der Waals surface area contributed by atoms with Crippen LogP contribution in [0.4, 0.5) is 14.9 Å². The lowest BCUT2D eigenvalue weighted by Crippen LogP contribution is -2.52. The van der Waals surface area contributed by atoms with Crippen LogP contribution in [0, 0.1) is 12.7 Å². The SMILES string of the molecule is CCOC(=O)N1CCN(C(=O)C(C)n2cc(NC(=O)c3cc(-c4ccc(F)cc4)n[nH]3)c(C)n2)CC1. The molecular formula is C24H28FN7O4. The third-order valence-corrected chi connectivity index (χ3v) is 6.00. The number of halogens is 1. The molecule has 12 heteroatoms. The Balaban J connectivity index is 1.37. The van der Waals surface area contributed by atoms with Crippen molar-refractivity contribution < 1.29 is 23.5 Å². The Bertz CT molecular complexity index is 1250. The van der Waals surface area contributed by atoms with Crippen LogP contribution in [0.5, 0.6) is 0 Å². The van der Waals surface area contributed by atoms with Gasteiger partial charge >= 0.3 is 6.09 Å². The lowest BCUT2D eigenvalue weighted by molar-refractivity contribution is -0.136. The third kappa shape index (κ3) is 5.37. The summed E-state index contributed by atoms with van der Waals surface area (Å²) in [5, 5.41) is 14.0. The molecular weight excluding hydrogens is 469 g/mol. The number of amides is 3. The number of rotatable bonds is 6. The van der Waals surface area contributed by atoms with Gasteiger partial charge in [-0.3, -0.25) is 19.4 Å². The van der Waals surface area contributed by atoms with Crippen LogP contribution >= 0.6 is 0 Å². The van der Waals surface area contributed by atoms with Crippen LogP contribution in [0.3, 0.4) is 0 Å². The number of nitrogens with one attached hydrogen (secondary N) is 2. The molecule has 0 saturated carbocycles. The first-order valence-electron chi connectivity index (χ1n) is 11.7. The standard InChI is InChI=1S/C24H28FN7O4/c1-4-36-24(35)31-11-9-30(10-12-31)23(34)16(3)32-14-21(15(2)29-32)26-22(33)20-13-19(27-28-20)17-5-7-18(25)8-6-17/h5-8,13-14,16H,4,9-12H2,1-3H3,(H,26,33)(H,27,28). The number of hydrogen-bond donors (Lipinski definition) is 2. The second-order valence-corrected chi connectivity index (χ2v) is 8.42. The van der Waals surface area contributed by atoms with Crippen LogP contribution in [0.1, 0.15) is 36.1 Å². The molecule has 2 N–H and O–H groups in total. The zero-order valence-electron chi connectivity index (χ0n) is 20.3. The molecule has 1 aliphatic heterocycles. The maximum Gasteiger partial charge on any atom is 0.409 e. The first kappa shape index (κ1) is 24.9. The van der Waals surface area contributed by atoms with Gasteiger partial charge in [0.05, 0.1) is 23.7 Å². The molecule has 0 aliphatic carbocycles. The molecule has 36 heavy (non-hydrogen) atoms. The van der Waals surface area contributed by atoms with E-state index < -0.39 is 11.9 Å². The number of anilines is 1. The minimum Gasteiger partial charge on any atom is -0.450 e. The second-order valence-electron chi connectivity index (χ2n) is 8.42. The molecule has 3 aromatic rings. The van der Waals surface area contributed by atoms with E-state index in [0.29, 0.717) is 55.4 Å². The van der Waals surface area contributed by atoms with E-state index in [-0.39, 0.29) is 23.5 Å². The van der Waals surface area contributed by atoms with Gasteiger partial charge in [-0.25, -0.2) is 9.18 Å². The fourth-order valence-corrected chi connectivity index (χ4v) is 3.90. The van der Waals surface area contributed by atoms with Gasteiger partial charge in [0.15, 0.2) is 0 Å². The summed E-state index contributed by atoms with van der Waals surface area (Å²) in [6, 6.07) is 6.78. The third-order valence-electron chi connectivity index (χ3n) is 6.00. The number of carbonyl (C=O) groups excluding carboxylic acids is 3. The van der Waals surface area contributed by atoms with E-state index >= 15 is 0 Å². The molecule has 0 radical (unpaired) electrons. The lowest BCUT2D eigenvalue weighted by atomic mass is 10.1. The number of carbonyl (C=O) groups is 3. The van der Waals surface area contributed by atoms with E-state index in [1.54, 1.807) is 55.0 Å². The Kier molecular flexibility index (Phi) is 7.32. The molecule has 1 unspecified atom stereocenters. The summed E-state index contributed by atoms with van der Waals surface area (Å²) >= 11 is 0. The van der Waals surface area contributed by atoms with Crippen molar-refractivity contribution in [3.63, 3.8) is 0 Å². The number of hydrogen-bond acceptors (Lipinski definition) is 6. The average Bonchev–Trinajstić information content (AvgIpc) is 3.51. The topological polar surface area (TPSA) is 125 Å². The van der Waals surface area contributed by atoms with Crippen LogP contribution in [0.2, 0.25) is 0 Å². The zero-order valence-corrected chi connectivity index (χ0v) is 20.3. The number of ether oxygens (including phenoxy) is 1. The smallest absolute Gasteiger partial charge is 0.409 e. The molecule has 4 rings (SSSR count). The molecule has 0 bridgehead atoms. The summed E-state index contributed by atoms with van der Waals surface area (Å²) in [4.78, 5) is 40.9. The van der Waals surface area contributed by atoms with Crippen LogP contribution < -0.4 is 5.32 Å². The van der Waals surface area contributed by atoms with Gasteiger partial charge in [0.1, 0.15) is 17.6 Å². The minimum atomic E-state index is -0.597. The molecule has 0 spiro atoms. The molecule has 190 valence electrons. The monoisotopic (exact) mass is 497 g/mol. The molecule has 1 atom stereocenters. The number of nitrogens with zero attached hydrogens (tertiary/aromatic N) is 5. The Labute approximate surface area is 207 Å². The van der Waals surface area contributed by atoms with Gasteiger partial charge in [-0.2, -0.15) is 10.2 Å². The average molecular weight is 498 g/mol. The minimum absolute atomic E-state index is 0.128. The molecule has 11 nitrogen and oxygen atoms in total. The van der Waals surface area contributed by atoms with Crippen molar-refractivity contribution in [1.82, 2.24) is 29.8 Å². The first-order chi connectivity index (χ1) is 17.3. The maximum absolute atomic E-state index is 13.2. The molecule has 2 aromatic heterocycles. The number of aryl methyl sites for hydroxylation is 1. The number of piperazine rings is 1. The maximum atomic E-state index is 13.2. The highest BCUT2D eigenvalue weighted by Crippen LogP contribution is 2.21. The van der Waals surface area contributed by atoms with Crippen molar-refractivity contribution in [2.24, 2.45) is 0 Å². The van der Waals surface area contributed by atoms with Crippen molar-refractivity contribution in [1.29, 1.82) is 0 Å². The summed E-state index contributed by atoms with van der Waals surface area (Å²) in [6.07, 6.45) is 1.24. The first-order valence-corrected chi connectivity index (χ1v) is 11.7. The van der Waals surface area contributed by atoms with Crippen LogP contribution in [0.25, 0.3) is 11.3 Å². The van der Waals surface area contributed by atoms with E-state index in [1.807, 2.05) is 0 Å². The Hall–Kier alpha value is -4.22. The van der Waals surface area contributed by atoms with Crippen molar-refractivity contribution in [2.75, 3.05) is 38.1 Å². The van der Waals surface area contributed by atoms with Crippen molar-refractivity contribution in [2.45, 2.75) is 26.8 Å². The fourth-order valence-electron chi connectivity index (χ4n) is 3.90. The van der Waals surface area contributed by atoms with Gasteiger partial charge < -0.3 is 19.9 Å². The predicted octanol–water partition coefficient (Wildman–Crippen LogP) is 2.83. The number of aromatic amines is 1. The lowest BCUT2D eigenvalue weighted by Gasteiger charge is -2.35. The van der Waals surface area contributed by atoms with E-state index in [4.69, 9.17) is 4.74 Å². The van der Waals surface area contributed by atoms with Crippen LogP contribution in [-0.4, -0.2) is 80.5 Å². The number of benzene rings is 1. The van der Waals surface area contributed by atoms with Crippen molar-refractivity contribution in [3.05, 3.63) is 53.7 Å². The fraction of sp³-hybridized carbons (Fsp3) is 0.375. The summed E-state index contributed by atoms with van der Waals surface area (Å²) < 4.78 is 19.7. The van der Waals surface area contributed by atoms with Crippen LogP contribution in [0.15, 0.2) is 36.5 Å². The van der Waals surface area contributed by atoms with Crippen molar-refractivity contribution >= 4 is 23.6 Å². The van der Waals surface area contributed by atoms with Gasteiger partial charge in [-0.15, -0.1) is 0 Å². The molecule has 1 aliphatic rings. The highest BCUT2D eigenvalue weighted by molar-refractivity contribution is 6.03. The number of H-pyrrole nitrogens is 1. The summed E-state index contributed by atoms with van der Waals surface area (Å²) in [5.74, 6) is -0.907. The van der Waals surface area contributed by atoms with Crippen molar-refractivity contribution in [3.8, 4) is 11.3 Å². The largest absolute Gasteiger partial charge is 0.450 e. The normalized spacial score (nSPS) is 14.4. The van der Waals surface area contributed by atoms with E-state index in [1.165, 1.54) is 16.8 Å². The zero-order chi connectivity index (χ0) is 25.8. The summed E-state index contributed by atoms with van der Waals surface area (Å²) in [6.45, 7) is 7.15. The van der Waals surface area contributed by atoms with E-state index in [2.05, 4.69) is 20.6 Å². The van der Waals surface area contributed by atoms with Gasteiger partial charge in [0, 0.05) is 37.9 Å². The molecule has 3 amide bonds. The van der Waals surface area contributed by atoms with Gasteiger partial charge in [-0.05, 0) is 51.1 Å². The second kappa shape index (κ2) is 10.6. The highest BCUT2D eigenvalue weighted by Gasteiger charge is 2.29. The molecule has 3 heterocycles. The van der Waals surface area contributed by atoms with Gasteiger partial charge in [0.2, 0.25) is 5.91 Å². The Morgan fingerprint density at radius 2 is 1.81 bits per heavy atom.